The molecule has 2 heterocycles. The van der Waals surface area contributed by atoms with Gasteiger partial charge in [0.15, 0.2) is 5.43 Å². The quantitative estimate of drug-likeness (QED) is 0.0446. The number of nitrogens with zero attached hydrogens (tertiary/aromatic N) is 2. The first kappa shape index (κ1) is 50.6. The first-order valence-corrected chi connectivity index (χ1v) is 26.2. The van der Waals surface area contributed by atoms with Crippen LogP contribution in [-0.4, -0.2) is 56.7 Å². The number of phosphoric ester groups is 1. The lowest BCUT2D eigenvalue weighted by atomic mass is 10.1. The molecule has 354 valence electrons. The van der Waals surface area contributed by atoms with Crippen molar-refractivity contribution in [3.8, 4) is 17.3 Å². The maximum Gasteiger partial charge on any atom is 0.475 e. The van der Waals surface area contributed by atoms with E-state index >= 15 is 0 Å². The van der Waals surface area contributed by atoms with Gasteiger partial charge in [-0.15, -0.1) is 0 Å². The van der Waals surface area contributed by atoms with Crippen molar-refractivity contribution in [3.05, 3.63) is 188 Å². The summed E-state index contributed by atoms with van der Waals surface area (Å²) in [7, 11) is -5.69. The molecular formula is C51H51Cl3N3O9PSi. The van der Waals surface area contributed by atoms with E-state index in [0.29, 0.717) is 5.69 Å². The molecule has 0 bridgehead atoms. The Balaban J connectivity index is 1.14. The number of likely N-dealkylation sites (N-methyl/N-ethyl adjacent to an activating group) is 1. The predicted octanol–water partition coefficient (Wildman–Crippen LogP) is 10.7. The van der Waals surface area contributed by atoms with Crippen LogP contribution in [0, 0.1) is 6.92 Å². The van der Waals surface area contributed by atoms with Crippen LogP contribution < -0.4 is 30.6 Å². The molecule has 7 rings (SSSR count). The minimum Gasteiger partial charge on any atom is -0.491 e. The number of rotatable bonds is 20. The Morgan fingerprint density at radius 1 is 0.750 bits per heavy atom. The van der Waals surface area contributed by atoms with Crippen LogP contribution in [0.5, 0.6) is 11.6 Å². The zero-order chi connectivity index (χ0) is 48.5. The highest BCUT2D eigenvalue weighted by atomic mass is 35.5. The van der Waals surface area contributed by atoms with E-state index in [-0.39, 0.29) is 76.3 Å². The van der Waals surface area contributed by atoms with E-state index < -0.39 is 38.6 Å². The summed E-state index contributed by atoms with van der Waals surface area (Å²) in [5, 5.41) is 4.67. The van der Waals surface area contributed by atoms with E-state index in [0.717, 1.165) is 21.5 Å². The minimum atomic E-state index is -4.06. The van der Waals surface area contributed by atoms with Gasteiger partial charge >= 0.3 is 7.82 Å². The van der Waals surface area contributed by atoms with Crippen molar-refractivity contribution in [1.82, 2.24) is 14.9 Å². The van der Waals surface area contributed by atoms with Gasteiger partial charge in [0.2, 0.25) is 12.0 Å². The fraction of sp³-hybridized carbons (Fsp3) is 0.235. The molecule has 0 aliphatic rings. The third-order valence-corrected chi connectivity index (χ3v) is 18.3. The summed E-state index contributed by atoms with van der Waals surface area (Å²) < 4.78 is 52.0. The van der Waals surface area contributed by atoms with Crippen molar-refractivity contribution in [2.24, 2.45) is 0 Å². The number of phosphoric acid groups is 1. The summed E-state index contributed by atoms with van der Waals surface area (Å²) in [4.78, 5) is 32.2. The second-order valence-electron chi connectivity index (χ2n) is 16.7. The number of benzene rings is 5. The number of amides is 1. The zero-order valence-corrected chi connectivity index (χ0v) is 42.3. The number of fused-ring (bicyclic) bond motifs is 1. The molecule has 0 aliphatic carbocycles. The van der Waals surface area contributed by atoms with Crippen molar-refractivity contribution < 1.29 is 36.8 Å². The van der Waals surface area contributed by atoms with Crippen LogP contribution >= 0.6 is 42.6 Å². The minimum absolute atomic E-state index is 0.000708. The molecule has 0 fully saturated rings. The lowest BCUT2D eigenvalue weighted by Crippen LogP contribution is -2.67. The number of aryl methyl sites for hydroxylation is 1. The van der Waals surface area contributed by atoms with Crippen molar-refractivity contribution in [2.75, 3.05) is 26.9 Å². The Bertz CT molecular complexity index is 2840. The topological polar surface area (TPSA) is 136 Å². The monoisotopic (exact) mass is 1010 g/mol. The van der Waals surface area contributed by atoms with Gasteiger partial charge < -0.3 is 23.8 Å². The summed E-state index contributed by atoms with van der Waals surface area (Å²) in [5.74, 6) is -0.367. The lowest BCUT2D eigenvalue weighted by molar-refractivity contribution is -0.128. The highest BCUT2D eigenvalue weighted by Crippen LogP contribution is 2.51. The maximum atomic E-state index is 14.0. The molecule has 7 aromatic rings. The number of halogens is 3. The van der Waals surface area contributed by atoms with Crippen molar-refractivity contribution in [1.29, 1.82) is 0 Å². The average Bonchev–Trinajstić information content (AvgIpc) is 3.33. The SMILES string of the molecule is CNC(=O)[C@H](CO[Si](c1ccccc1)(c1ccccc1)C(C)(C)C)Oc1ncc(Cl)c2c1c(=O)cc(C)n2-c1c(Cl)cc(OCCOP(=O)(OCc2ccccc2)OCc2ccccc2)cc1Cl. The Hall–Kier alpha value is -5.31. The summed E-state index contributed by atoms with van der Waals surface area (Å²) in [6.07, 6.45) is 0.0870. The van der Waals surface area contributed by atoms with E-state index in [1.807, 2.05) is 97.1 Å². The molecule has 0 radical (unpaired) electrons. The van der Waals surface area contributed by atoms with Crippen molar-refractivity contribution in [3.63, 3.8) is 0 Å². The Labute approximate surface area is 411 Å². The molecule has 1 atom stereocenters. The average molecular weight is 1020 g/mol. The third-order valence-electron chi connectivity index (χ3n) is 11.1. The van der Waals surface area contributed by atoms with Crippen LogP contribution in [0.15, 0.2) is 151 Å². The second kappa shape index (κ2) is 22.4. The van der Waals surface area contributed by atoms with Crippen molar-refractivity contribution in [2.45, 2.75) is 52.1 Å². The van der Waals surface area contributed by atoms with E-state index in [1.165, 1.54) is 19.3 Å². The number of carbonyl (C=O) groups excluding carboxylic acids is 1. The third kappa shape index (κ3) is 11.6. The molecule has 0 saturated heterocycles. The molecule has 0 spiro atoms. The van der Waals surface area contributed by atoms with Gasteiger partial charge in [-0.2, -0.15) is 0 Å². The fourth-order valence-corrected chi connectivity index (χ4v) is 14.5. The highest BCUT2D eigenvalue weighted by Gasteiger charge is 2.51. The van der Waals surface area contributed by atoms with Gasteiger partial charge in [-0.25, -0.2) is 9.55 Å². The molecule has 1 N–H and O–H groups in total. The summed E-state index contributed by atoms with van der Waals surface area (Å²) >= 11 is 20.9. The Kier molecular flexibility index (Phi) is 16.7. The number of nitrogens with one attached hydrogen (secondary N) is 1. The van der Waals surface area contributed by atoms with Gasteiger partial charge in [0.05, 0.1) is 58.9 Å². The zero-order valence-electron chi connectivity index (χ0n) is 38.1. The van der Waals surface area contributed by atoms with E-state index in [2.05, 4.69) is 55.3 Å². The number of ether oxygens (including phenoxy) is 2. The van der Waals surface area contributed by atoms with E-state index in [4.69, 9.17) is 62.3 Å². The first-order valence-electron chi connectivity index (χ1n) is 21.7. The first-order chi connectivity index (χ1) is 32.6. The largest absolute Gasteiger partial charge is 0.491 e. The molecule has 5 aromatic carbocycles. The predicted molar refractivity (Wildman–Crippen MR) is 271 cm³/mol. The van der Waals surface area contributed by atoms with Gasteiger partial charge in [0, 0.05) is 30.9 Å². The van der Waals surface area contributed by atoms with Gasteiger partial charge in [-0.05, 0) is 33.5 Å². The molecule has 17 heteroatoms. The van der Waals surface area contributed by atoms with Gasteiger partial charge in [-0.1, -0.05) is 177 Å². The number of pyridine rings is 2. The standard InChI is InChI=1S/C51H51Cl3N3O9PSi/c1-35-28-44(58)46-48(43(54)31-56-50(46)66-45(49(59)55-5)34-65-68(51(2,3)4,39-22-14-8-15-23-39)40-24-16-9-17-25-40)57(35)47-41(52)29-38(30-42(47)53)61-26-27-62-67(60,63-32-36-18-10-6-11-19-36)64-33-37-20-12-7-13-21-37/h6-25,28-31,45H,26-27,32-34H2,1-5H3,(H,55,59)/t45-/m0/s1. The van der Waals surface area contributed by atoms with E-state index in [1.54, 1.807) is 23.6 Å². The fourth-order valence-electron chi connectivity index (χ4n) is 7.92. The van der Waals surface area contributed by atoms with Crippen LogP contribution in [0.3, 0.4) is 0 Å². The summed E-state index contributed by atoms with van der Waals surface area (Å²) in [6.45, 7) is 7.66. The Morgan fingerprint density at radius 3 is 1.76 bits per heavy atom. The normalized spacial score (nSPS) is 12.5. The van der Waals surface area contributed by atoms with Gasteiger partial charge in [-0.3, -0.25) is 23.2 Å². The van der Waals surface area contributed by atoms with Crippen LogP contribution in [-0.2, 0) is 40.6 Å². The van der Waals surface area contributed by atoms with Crippen LogP contribution in [0.1, 0.15) is 37.6 Å². The molecular weight excluding hydrogens is 964 g/mol. The lowest BCUT2D eigenvalue weighted by Gasteiger charge is -2.43. The van der Waals surface area contributed by atoms with Gasteiger partial charge in [0.1, 0.15) is 17.7 Å². The molecule has 0 saturated carbocycles. The van der Waals surface area contributed by atoms with Crippen LogP contribution in [0.2, 0.25) is 20.1 Å². The molecule has 68 heavy (non-hydrogen) atoms. The van der Waals surface area contributed by atoms with Gasteiger partial charge in [0.25, 0.3) is 14.2 Å². The highest BCUT2D eigenvalue weighted by molar-refractivity contribution is 7.48. The molecule has 0 unspecified atom stereocenters. The smallest absolute Gasteiger partial charge is 0.475 e. The van der Waals surface area contributed by atoms with E-state index in [9.17, 15) is 14.2 Å². The molecule has 12 nitrogen and oxygen atoms in total. The number of carbonyl (C=O) groups is 1. The summed E-state index contributed by atoms with van der Waals surface area (Å²) in [5.41, 5.74) is 2.02. The summed E-state index contributed by atoms with van der Waals surface area (Å²) in [6, 6.07) is 43.0. The molecule has 1 amide bonds. The number of aromatic nitrogens is 2. The molecule has 2 aromatic heterocycles. The Morgan fingerprint density at radius 2 is 1.26 bits per heavy atom. The number of hydrogen-bond donors (Lipinski definition) is 1. The number of hydrogen-bond acceptors (Lipinski definition) is 10. The van der Waals surface area contributed by atoms with Crippen molar-refractivity contribution >= 4 is 78.1 Å². The van der Waals surface area contributed by atoms with Crippen LogP contribution in [0.4, 0.5) is 0 Å². The second-order valence-corrected chi connectivity index (χ2v) is 23.9. The molecule has 0 aliphatic heterocycles. The van der Waals surface area contributed by atoms with Crippen LogP contribution in [0.25, 0.3) is 16.6 Å². The maximum absolute atomic E-state index is 14.0.